The molecular formula is C23H17F2N5O3S. The third-order valence-corrected chi connectivity index (χ3v) is 5.79. The number of hydrogen-bond acceptors (Lipinski definition) is 6. The Balaban J connectivity index is 1.59. The van der Waals surface area contributed by atoms with E-state index in [-0.39, 0.29) is 23.6 Å². The lowest BCUT2D eigenvalue weighted by Gasteiger charge is -2.11. The molecule has 0 fully saturated rings. The Hall–Kier alpha value is -4.12. The van der Waals surface area contributed by atoms with Gasteiger partial charge >= 0.3 is 0 Å². The number of nitro benzene ring substituents is 1. The highest BCUT2D eigenvalue weighted by atomic mass is 32.2. The second-order valence-corrected chi connectivity index (χ2v) is 8.06. The summed E-state index contributed by atoms with van der Waals surface area (Å²) in [5.41, 5.74) is 1.52. The summed E-state index contributed by atoms with van der Waals surface area (Å²) >= 11 is 1.34. The molecule has 34 heavy (non-hydrogen) atoms. The van der Waals surface area contributed by atoms with Crippen molar-refractivity contribution in [2.24, 2.45) is 0 Å². The van der Waals surface area contributed by atoms with Gasteiger partial charge in [0.05, 0.1) is 11.5 Å². The average Bonchev–Trinajstić information content (AvgIpc) is 3.25. The molecule has 0 spiro atoms. The Kier molecular flexibility index (Phi) is 6.93. The van der Waals surface area contributed by atoms with E-state index in [4.69, 9.17) is 0 Å². The van der Waals surface area contributed by atoms with E-state index in [1.807, 2.05) is 0 Å². The molecule has 1 N–H and O–H groups in total. The van der Waals surface area contributed by atoms with Gasteiger partial charge < -0.3 is 5.32 Å². The van der Waals surface area contributed by atoms with E-state index < -0.39 is 16.6 Å². The maximum atomic E-state index is 13.4. The van der Waals surface area contributed by atoms with Crippen LogP contribution in [0.15, 0.2) is 78.0 Å². The summed E-state index contributed by atoms with van der Waals surface area (Å²) in [7, 11) is 0. The third-order valence-electron chi connectivity index (χ3n) is 4.79. The van der Waals surface area contributed by atoms with Crippen molar-refractivity contribution in [2.45, 2.75) is 17.5 Å². The Morgan fingerprint density at radius 1 is 1.00 bits per heavy atom. The molecule has 4 aromatic rings. The van der Waals surface area contributed by atoms with Gasteiger partial charge in [-0.2, -0.15) is 0 Å². The third kappa shape index (κ3) is 5.44. The molecular weight excluding hydrogens is 464 g/mol. The van der Waals surface area contributed by atoms with Gasteiger partial charge in [0.25, 0.3) is 11.6 Å². The smallest absolute Gasteiger partial charge is 0.269 e. The van der Waals surface area contributed by atoms with Crippen LogP contribution in [-0.2, 0) is 12.3 Å². The molecule has 8 nitrogen and oxygen atoms in total. The molecule has 1 aromatic heterocycles. The number of carbonyl (C=O) groups is 1. The number of hydrogen-bond donors (Lipinski definition) is 1. The number of thioether (sulfide) groups is 1. The highest BCUT2D eigenvalue weighted by Gasteiger charge is 2.17. The molecule has 0 saturated carbocycles. The normalized spacial score (nSPS) is 10.8. The molecule has 4 rings (SSSR count). The Morgan fingerprint density at radius 2 is 1.74 bits per heavy atom. The van der Waals surface area contributed by atoms with Crippen LogP contribution in [0.4, 0.5) is 14.5 Å². The summed E-state index contributed by atoms with van der Waals surface area (Å²) in [6.07, 6.45) is 0. The van der Waals surface area contributed by atoms with Crippen LogP contribution >= 0.6 is 11.8 Å². The van der Waals surface area contributed by atoms with Crippen LogP contribution in [0.5, 0.6) is 0 Å². The Labute approximate surface area is 196 Å². The lowest BCUT2D eigenvalue weighted by Crippen LogP contribution is -2.24. The molecule has 0 aliphatic heterocycles. The van der Waals surface area contributed by atoms with Crippen LogP contribution in [0.25, 0.3) is 5.69 Å². The van der Waals surface area contributed by atoms with E-state index in [0.29, 0.717) is 22.4 Å². The first-order valence-electron chi connectivity index (χ1n) is 10.0. The molecule has 0 bridgehead atoms. The van der Waals surface area contributed by atoms with Crippen molar-refractivity contribution in [3.63, 3.8) is 0 Å². The quantitative estimate of drug-likeness (QED) is 0.223. The van der Waals surface area contributed by atoms with Crippen LogP contribution < -0.4 is 5.32 Å². The molecule has 1 heterocycles. The number of aromatic nitrogens is 3. The summed E-state index contributed by atoms with van der Waals surface area (Å²) in [5.74, 6) is -0.500. The van der Waals surface area contributed by atoms with Gasteiger partial charge in [0, 0.05) is 29.1 Å². The largest absolute Gasteiger partial charge is 0.345 e. The van der Waals surface area contributed by atoms with Crippen molar-refractivity contribution in [3.05, 3.63) is 111 Å². The van der Waals surface area contributed by atoms with Gasteiger partial charge in [-0.25, -0.2) is 8.78 Å². The second-order valence-electron chi connectivity index (χ2n) is 7.12. The summed E-state index contributed by atoms with van der Waals surface area (Å²) in [5, 5.41) is 22.6. The van der Waals surface area contributed by atoms with Crippen LogP contribution in [-0.4, -0.2) is 25.6 Å². The van der Waals surface area contributed by atoms with Gasteiger partial charge in [-0.3, -0.25) is 19.5 Å². The van der Waals surface area contributed by atoms with Crippen molar-refractivity contribution >= 4 is 23.4 Å². The van der Waals surface area contributed by atoms with Gasteiger partial charge in [0.1, 0.15) is 11.6 Å². The number of nitrogens with one attached hydrogen (secondary N) is 1. The molecule has 0 unspecified atom stereocenters. The molecule has 0 atom stereocenters. The van der Waals surface area contributed by atoms with Gasteiger partial charge in [-0.05, 0) is 48.0 Å². The van der Waals surface area contributed by atoms with E-state index in [2.05, 4.69) is 15.5 Å². The minimum absolute atomic E-state index is 0.0174. The first-order valence-corrected chi connectivity index (χ1v) is 11.0. The maximum Gasteiger partial charge on any atom is 0.269 e. The van der Waals surface area contributed by atoms with Crippen LogP contribution in [0.1, 0.15) is 21.7 Å². The number of amides is 1. The van der Waals surface area contributed by atoms with Gasteiger partial charge in [0.15, 0.2) is 11.0 Å². The first kappa shape index (κ1) is 23.1. The zero-order chi connectivity index (χ0) is 24.1. The highest BCUT2D eigenvalue weighted by Crippen LogP contribution is 2.26. The zero-order valence-electron chi connectivity index (χ0n) is 17.5. The van der Waals surface area contributed by atoms with Gasteiger partial charge in [-0.15, -0.1) is 10.2 Å². The lowest BCUT2D eigenvalue weighted by molar-refractivity contribution is -0.384. The molecule has 0 aliphatic carbocycles. The second kappa shape index (κ2) is 10.2. The molecule has 0 saturated heterocycles. The minimum atomic E-state index is -0.527. The van der Waals surface area contributed by atoms with Crippen molar-refractivity contribution in [1.82, 2.24) is 20.1 Å². The van der Waals surface area contributed by atoms with Gasteiger partial charge in [0.2, 0.25) is 0 Å². The Bertz CT molecular complexity index is 1330. The summed E-state index contributed by atoms with van der Waals surface area (Å²) in [4.78, 5) is 23.0. The number of nitrogens with zero attached hydrogens (tertiary/aromatic N) is 4. The predicted molar refractivity (Wildman–Crippen MR) is 122 cm³/mol. The maximum absolute atomic E-state index is 13.4. The van der Waals surface area contributed by atoms with Crippen LogP contribution in [0.3, 0.4) is 0 Å². The van der Waals surface area contributed by atoms with E-state index in [0.717, 1.165) is 11.6 Å². The standard InChI is InChI=1S/C23H17F2N5O3S/c24-17-6-4-15(5-7-17)14-34-23-28-27-21(13-26-22(31)16-2-1-3-18(25)12-16)29(23)19-8-10-20(11-9-19)30(32)33/h1-12H,13-14H2,(H,26,31). The Morgan fingerprint density at radius 3 is 2.41 bits per heavy atom. The molecule has 0 aliphatic rings. The fraction of sp³-hybridized carbons (Fsp3) is 0.0870. The first-order chi connectivity index (χ1) is 16.4. The fourth-order valence-corrected chi connectivity index (χ4v) is 4.04. The number of nitro groups is 1. The summed E-state index contributed by atoms with van der Waals surface area (Å²) in [6, 6.07) is 17.2. The zero-order valence-corrected chi connectivity index (χ0v) is 18.3. The summed E-state index contributed by atoms with van der Waals surface area (Å²) < 4.78 is 28.3. The topological polar surface area (TPSA) is 103 Å². The minimum Gasteiger partial charge on any atom is -0.345 e. The van der Waals surface area contributed by atoms with Crippen molar-refractivity contribution < 1.29 is 18.5 Å². The van der Waals surface area contributed by atoms with E-state index >= 15 is 0 Å². The SMILES string of the molecule is O=C(NCc1nnc(SCc2ccc(F)cc2)n1-c1ccc([N+](=O)[O-])cc1)c1cccc(F)c1. The number of carbonyl (C=O) groups excluding carboxylic acids is 1. The number of benzene rings is 3. The monoisotopic (exact) mass is 481 g/mol. The number of non-ortho nitro benzene ring substituents is 1. The van der Waals surface area contributed by atoms with Crippen molar-refractivity contribution in [1.29, 1.82) is 0 Å². The summed E-state index contributed by atoms with van der Waals surface area (Å²) in [6.45, 7) is -0.0174. The van der Waals surface area contributed by atoms with Crippen molar-refractivity contribution in [2.75, 3.05) is 0 Å². The van der Waals surface area contributed by atoms with E-state index in [1.54, 1.807) is 28.8 Å². The average molecular weight is 481 g/mol. The molecule has 11 heteroatoms. The van der Waals surface area contributed by atoms with Crippen LogP contribution in [0.2, 0.25) is 0 Å². The number of rotatable bonds is 8. The molecule has 1 amide bonds. The molecule has 0 radical (unpaired) electrons. The van der Waals surface area contributed by atoms with Crippen LogP contribution in [0, 0.1) is 21.7 Å². The van der Waals surface area contributed by atoms with E-state index in [1.165, 1.54) is 54.2 Å². The van der Waals surface area contributed by atoms with E-state index in [9.17, 15) is 23.7 Å². The predicted octanol–water partition coefficient (Wildman–Crippen LogP) is 4.68. The highest BCUT2D eigenvalue weighted by molar-refractivity contribution is 7.98. The fourth-order valence-electron chi connectivity index (χ4n) is 3.11. The lowest BCUT2D eigenvalue weighted by atomic mass is 10.2. The molecule has 3 aromatic carbocycles. The van der Waals surface area contributed by atoms with Gasteiger partial charge in [-0.1, -0.05) is 30.0 Å². The number of halogens is 2. The van der Waals surface area contributed by atoms with Crippen molar-refractivity contribution in [3.8, 4) is 5.69 Å². The molecule has 172 valence electrons.